The summed E-state index contributed by atoms with van der Waals surface area (Å²) in [5, 5.41) is 2.73. The summed E-state index contributed by atoms with van der Waals surface area (Å²) in [5.41, 5.74) is 16.9. The maximum atomic E-state index is 13.0. The smallest absolute Gasteiger partial charge is 0.261 e. The van der Waals surface area contributed by atoms with E-state index in [1.165, 1.54) is 17.1 Å². The standard InChI is InChI=1S/C22H23N5O2S/c1-12-19(20(27-30-12)13-3-7-16(29-2)8-4-13)21(28)26-22(24)25-18-10-5-14-11-15(23)6-9-17(14)18/h3-4,6-9,11,18H,5,10,23H2,1-2H3,(H3,24,25,26,28). The molecule has 0 aliphatic heterocycles. The lowest BCUT2D eigenvalue weighted by Crippen LogP contribution is -2.37. The predicted molar refractivity (Wildman–Crippen MR) is 120 cm³/mol. The fourth-order valence-corrected chi connectivity index (χ4v) is 4.42. The highest BCUT2D eigenvalue weighted by atomic mass is 32.1. The molecule has 2 aromatic carbocycles. The van der Waals surface area contributed by atoms with Gasteiger partial charge in [-0.3, -0.25) is 10.1 Å². The van der Waals surface area contributed by atoms with Gasteiger partial charge >= 0.3 is 0 Å². The Kier molecular flexibility index (Phi) is 5.41. The molecule has 8 heteroatoms. The van der Waals surface area contributed by atoms with Crippen LogP contribution in [-0.4, -0.2) is 23.4 Å². The highest BCUT2D eigenvalue weighted by Crippen LogP contribution is 2.35. The summed E-state index contributed by atoms with van der Waals surface area (Å²) < 4.78 is 9.66. The molecule has 4 rings (SSSR count). The van der Waals surface area contributed by atoms with Crippen LogP contribution in [0.4, 0.5) is 5.69 Å². The van der Waals surface area contributed by atoms with Crippen molar-refractivity contribution in [3.8, 4) is 17.0 Å². The van der Waals surface area contributed by atoms with Gasteiger partial charge in [0, 0.05) is 16.1 Å². The van der Waals surface area contributed by atoms with Crippen molar-refractivity contribution in [2.45, 2.75) is 25.8 Å². The molecule has 1 unspecified atom stereocenters. The summed E-state index contributed by atoms with van der Waals surface area (Å²) >= 11 is 1.28. The number of carbonyl (C=O) groups excluding carboxylic acids is 1. The second-order valence-corrected chi connectivity index (χ2v) is 8.15. The average molecular weight is 422 g/mol. The van der Waals surface area contributed by atoms with Crippen LogP contribution in [0, 0.1) is 6.92 Å². The molecular formula is C22H23N5O2S. The summed E-state index contributed by atoms with van der Waals surface area (Å²) in [6.07, 6.45) is 1.73. The predicted octanol–water partition coefficient (Wildman–Crippen LogP) is 3.44. The molecule has 1 heterocycles. The summed E-state index contributed by atoms with van der Waals surface area (Å²) in [6, 6.07) is 13.2. The molecule has 1 amide bonds. The summed E-state index contributed by atoms with van der Waals surface area (Å²) in [4.78, 5) is 18.3. The number of hydrogen-bond donors (Lipinski definition) is 3. The molecule has 0 bridgehead atoms. The number of aliphatic imine (C=N–C) groups is 1. The summed E-state index contributed by atoms with van der Waals surface area (Å²) in [5.74, 6) is 0.525. The van der Waals surface area contributed by atoms with Crippen LogP contribution in [0.25, 0.3) is 11.3 Å². The number of carbonyl (C=O) groups is 1. The second-order valence-electron chi connectivity index (χ2n) is 7.17. The lowest BCUT2D eigenvalue weighted by molar-refractivity contribution is 0.0977. The number of hydrogen-bond acceptors (Lipinski definition) is 6. The molecule has 154 valence electrons. The van der Waals surface area contributed by atoms with Crippen molar-refractivity contribution >= 4 is 29.1 Å². The molecule has 1 aliphatic rings. The Bertz CT molecular complexity index is 1120. The Morgan fingerprint density at radius 3 is 2.77 bits per heavy atom. The number of aryl methyl sites for hydroxylation is 2. The lowest BCUT2D eigenvalue weighted by atomic mass is 10.1. The summed E-state index contributed by atoms with van der Waals surface area (Å²) in [7, 11) is 1.61. The number of rotatable bonds is 4. The van der Waals surface area contributed by atoms with Gasteiger partial charge in [0.15, 0.2) is 5.96 Å². The van der Waals surface area contributed by atoms with Crippen LogP contribution < -0.4 is 21.5 Å². The molecule has 0 radical (unpaired) electrons. The van der Waals surface area contributed by atoms with E-state index < -0.39 is 0 Å². The number of guanidine groups is 1. The Morgan fingerprint density at radius 1 is 1.27 bits per heavy atom. The van der Waals surface area contributed by atoms with Gasteiger partial charge in [-0.25, -0.2) is 4.99 Å². The topological polar surface area (TPSA) is 116 Å². The highest BCUT2D eigenvalue weighted by molar-refractivity contribution is 7.06. The number of fused-ring (bicyclic) bond motifs is 1. The zero-order chi connectivity index (χ0) is 21.3. The first kappa shape index (κ1) is 19.9. The molecule has 7 nitrogen and oxygen atoms in total. The zero-order valence-electron chi connectivity index (χ0n) is 16.8. The van der Waals surface area contributed by atoms with Crippen molar-refractivity contribution in [1.82, 2.24) is 9.69 Å². The number of nitrogens with two attached hydrogens (primary N) is 2. The zero-order valence-corrected chi connectivity index (χ0v) is 17.6. The molecule has 0 saturated carbocycles. The van der Waals surface area contributed by atoms with Gasteiger partial charge in [-0.1, -0.05) is 6.07 Å². The van der Waals surface area contributed by atoms with Crippen molar-refractivity contribution in [2.24, 2.45) is 10.7 Å². The van der Waals surface area contributed by atoms with Gasteiger partial charge in [-0.15, -0.1) is 0 Å². The molecule has 0 spiro atoms. The van der Waals surface area contributed by atoms with Gasteiger partial charge in [0.2, 0.25) is 0 Å². The van der Waals surface area contributed by atoms with E-state index in [9.17, 15) is 4.79 Å². The first-order valence-electron chi connectivity index (χ1n) is 9.60. The minimum absolute atomic E-state index is 0.0799. The normalized spacial score (nSPS) is 15.7. The Labute approximate surface area is 178 Å². The maximum Gasteiger partial charge on any atom is 0.261 e. The van der Waals surface area contributed by atoms with Crippen LogP contribution in [0.5, 0.6) is 5.75 Å². The molecule has 3 aromatic rings. The van der Waals surface area contributed by atoms with Gasteiger partial charge in [0.05, 0.1) is 24.4 Å². The number of nitrogen functional groups attached to an aromatic ring is 1. The van der Waals surface area contributed by atoms with Gasteiger partial charge in [-0.2, -0.15) is 4.37 Å². The number of ether oxygens (including phenoxy) is 1. The molecular weight excluding hydrogens is 398 g/mol. The Morgan fingerprint density at radius 2 is 2.03 bits per heavy atom. The molecule has 1 atom stereocenters. The fraction of sp³-hybridized carbons (Fsp3) is 0.227. The van der Waals surface area contributed by atoms with Gasteiger partial charge in [0.25, 0.3) is 5.91 Å². The van der Waals surface area contributed by atoms with E-state index in [4.69, 9.17) is 16.2 Å². The highest BCUT2D eigenvalue weighted by Gasteiger charge is 2.24. The molecule has 1 aromatic heterocycles. The third-order valence-corrected chi connectivity index (χ3v) is 5.95. The van der Waals surface area contributed by atoms with Crippen LogP contribution >= 0.6 is 11.5 Å². The van der Waals surface area contributed by atoms with E-state index in [1.54, 1.807) is 7.11 Å². The van der Waals surface area contributed by atoms with E-state index in [1.807, 2.05) is 49.4 Å². The van der Waals surface area contributed by atoms with Gasteiger partial charge < -0.3 is 16.2 Å². The SMILES string of the molecule is COc1ccc(-c2nsc(C)c2C(=O)NC(N)=NC2CCc3cc(N)ccc32)cc1. The van der Waals surface area contributed by atoms with E-state index in [0.717, 1.165) is 40.3 Å². The second kappa shape index (κ2) is 8.16. The minimum Gasteiger partial charge on any atom is -0.497 e. The van der Waals surface area contributed by atoms with Crippen molar-refractivity contribution in [1.29, 1.82) is 0 Å². The van der Waals surface area contributed by atoms with Crippen LogP contribution in [0.15, 0.2) is 47.5 Å². The molecule has 1 aliphatic carbocycles. The maximum absolute atomic E-state index is 13.0. The first-order chi connectivity index (χ1) is 14.5. The number of benzene rings is 2. The van der Waals surface area contributed by atoms with E-state index in [-0.39, 0.29) is 17.9 Å². The Hall–Kier alpha value is -3.39. The fourth-order valence-electron chi connectivity index (χ4n) is 3.71. The van der Waals surface area contributed by atoms with Crippen molar-refractivity contribution in [3.05, 3.63) is 64.0 Å². The van der Waals surface area contributed by atoms with Crippen molar-refractivity contribution in [3.63, 3.8) is 0 Å². The molecule has 0 saturated heterocycles. The third-order valence-electron chi connectivity index (χ3n) is 5.20. The monoisotopic (exact) mass is 421 g/mol. The first-order valence-corrected chi connectivity index (χ1v) is 10.4. The molecule has 0 fully saturated rings. The average Bonchev–Trinajstić information content (AvgIpc) is 3.31. The number of methoxy groups -OCH3 is 1. The number of amides is 1. The van der Waals surface area contributed by atoms with Crippen LogP contribution in [0.3, 0.4) is 0 Å². The van der Waals surface area contributed by atoms with E-state index in [0.29, 0.717) is 11.3 Å². The molecule has 5 N–H and O–H groups in total. The Balaban J connectivity index is 1.55. The lowest BCUT2D eigenvalue weighted by Gasteiger charge is -2.10. The molecule has 30 heavy (non-hydrogen) atoms. The number of aromatic nitrogens is 1. The van der Waals surface area contributed by atoms with Gasteiger partial charge in [0.1, 0.15) is 5.75 Å². The van der Waals surface area contributed by atoms with E-state index in [2.05, 4.69) is 14.7 Å². The minimum atomic E-state index is -0.316. The van der Waals surface area contributed by atoms with Gasteiger partial charge in [-0.05, 0) is 78.8 Å². The van der Waals surface area contributed by atoms with Crippen molar-refractivity contribution < 1.29 is 9.53 Å². The number of nitrogens with one attached hydrogen (secondary N) is 1. The number of nitrogens with zero attached hydrogens (tertiary/aromatic N) is 2. The quantitative estimate of drug-likeness (QED) is 0.339. The van der Waals surface area contributed by atoms with Crippen LogP contribution in [0.2, 0.25) is 0 Å². The van der Waals surface area contributed by atoms with Crippen molar-refractivity contribution in [2.75, 3.05) is 12.8 Å². The summed E-state index contributed by atoms with van der Waals surface area (Å²) in [6.45, 7) is 1.87. The van der Waals surface area contributed by atoms with E-state index >= 15 is 0 Å². The number of anilines is 1. The largest absolute Gasteiger partial charge is 0.497 e. The van der Waals surface area contributed by atoms with Crippen LogP contribution in [-0.2, 0) is 6.42 Å². The van der Waals surface area contributed by atoms with Crippen LogP contribution in [0.1, 0.15) is 38.8 Å². The third kappa shape index (κ3) is 3.86.